The molecule has 0 heterocycles. The summed E-state index contributed by atoms with van der Waals surface area (Å²) in [5.41, 5.74) is 0.581. The van der Waals surface area contributed by atoms with E-state index in [0.717, 1.165) is 18.6 Å². The number of rotatable bonds is 6. The van der Waals surface area contributed by atoms with Crippen LogP contribution in [0.3, 0.4) is 0 Å². The van der Waals surface area contributed by atoms with Crippen LogP contribution in [0, 0.1) is 11.3 Å². The molecular formula is C17H17NO2. The Morgan fingerprint density at radius 2 is 1.70 bits per heavy atom. The van der Waals surface area contributed by atoms with E-state index >= 15 is 0 Å². The van der Waals surface area contributed by atoms with Crippen molar-refractivity contribution in [3.8, 4) is 23.3 Å². The first-order chi connectivity index (χ1) is 9.81. The molecule has 0 aliphatic carbocycles. The molecule has 3 nitrogen and oxygen atoms in total. The van der Waals surface area contributed by atoms with E-state index in [0.29, 0.717) is 23.7 Å². The molecule has 0 saturated carbocycles. The van der Waals surface area contributed by atoms with Crippen LogP contribution in [-0.2, 0) is 0 Å². The van der Waals surface area contributed by atoms with Crippen LogP contribution in [0.25, 0.3) is 0 Å². The minimum atomic E-state index is 0.581. The SMILES string of the molecule is CCCCOc1cccc(Oc2cccc(C#N)c2)c1. The summed E-state index contributed by atoms with van der Waals surface area (Å²) >= 11 is 0. The standard InChI is InChI=1S/C17H17NO2/c1-2-3-10-19-15-7-5-9-17(12-15)20-16-8-4-6-14(11-16)13-18/h4-9,11-12H,2-3,10H2,1H3. The molecule has 3 heteroatoms. The molecule has 0 aliphatic heterocycles. The molecule has 2 aromatic rings. The van der Waals surface area contributed by atoms with E-state index in [2.05, 4.69) is 13.0 Å². The third-order valence-corrected chi connectivity index (χ3v) is 2.77. The highest BCUT2D eigenvalue weighted by atomic mass is 16.5. The second kappa shape index (κ2) is 7.20. The summed E-state index contributed by atoms with van der Waals surface area (Å²) in [6.07, 6.45) is 2.15. The third-order valence-electron chi connectivity index (χ3n) is 2.77. The Bertz CT molecular complexity index is 602. The van der Waals surface area contributed by atoms with E-state index in [9.17, 15) is 0 Å². The summed E-state index contributed by atoms with van der Waals surface area (Å²) in [6.45, 7) is 2.84. The molecule has 0 aliphatic rings. The lowest BCUT2D eigenvalue weighted by Gasteiger charge is -2.09. The molecule has 0 amide bonds. The van der Waals surface area contributed by atoms with Gasteiger partial charge >= 0.3 is 0 Å². The van der Waals surface area contributed by atoms with Crippen LogP contribution in [0.4, 0.5) is 0 Å². The monoisotopic (exact) mass is 267 g/mol. The number of unbranched alkanes of at least 4 members (excludes halogenated alkanes) is 1. The predicted octanol–water partition coefficient (Wildman–Crippen LogP) is 4.53. The van der Waals surface area contributed by atoms with Crippen LogP contribution in [0.2, 0.25) is 0 Å². The van der Waals surface area contributed by atoms with Gasteiger partial charge in [-0.25, -0.2) is 0 Å². The number of hydrogen-bond acceptors (Lipinski definition) is 3. The number of nitrogens with zero attached hydrogens (tertiary/aromatic N) is 1. The van der Waals surface area contributed by atoms with E-state index in [1.807, 2.05) is 30.3 Å². The van der Waals surface area contributed by atoms with Crippen LogP contribution in [0.15, 0.2) is 48.5 Å². The van der Waals surface area contributed by atoms with Crippen molar-refractivity contribution in [2.45, 2.75) is 19.8 Å². The largest absolute Gasteiger partial charge is 0.493 e. The summed E-state index contributed by atoms with van der Waals surface area (Å²) in [7, 11) is 0. The molecular weight excluding hydrogens is 250 g/mol. The number of hydrogen-bond donors (Lipinski definition) is 0. The fourth-order valence-electron chi connectivity index (χ4n) is 1.73. The van der Waals surface area contributed by atoms with Gasteiger partial charge in [0.15, 0.2) is 0 Å². The van der Waals surface area contributed by atoms with Crippen molar-refractivity contribution in [3.05, 3.63) is 54.1 Å². The Morgan fingerprint density at radius 1 is 1.00 bits per heavy atom. The average Bonchev–Trinajstić information content (AvgIpc) is 2.48. The molecule has 0 spiro atoms. The fourth-order valence-corrected chi connectivity index (χ4v) is 1.73. The summed E-state index contributed by atoms with van der Waals surface area (Å²) in [5, 5.41) is 8.87. The summed E-state index contributed by atoms with van der Waals surface area (Å²) in [5.74, 6) is 2.15. The zero-order valence-corrected chi connectivity index (χ0v) is 11.5. The first-order valence-electron chi connectivity index (χ1n) is 6.72. The van der Waals surface area contributed by atoms with Gasteiger partial charge in [0.25, 0.3) is 0 Å². The second-order valence-corrected chi connectivity index (χ2v) is 4.42. The smallest absolute Gasteiger partial charge is 0.131 e. The molecule has 0 N–H and O–H groups in total. The lowest BCUT2D eigenvalue weighted by atomic mass is 10.2. The van der Waals surface area contributed by atoms with Gasteiger partial charge in [-0.05, 0) is 36.8 Å². The van der Waals surface area contributed by atoms with Gasteiger partial charge in [0.2, 0.25) is 0 Å². The molecule has 0 aromatic heterocycles. The Balaban J connectivity index is 2.05. The molecule has 0 fully saturated rings. The highest BCUT2D eigenvalue weighted by Crippen LogP contribution is 2.25. The molecule has 0 unspecified atom stereocenters. The highest BCUT2D eigenvalue weighted by Gasteiger charge is 2.01. The van der Waals surface area contributed by atoms with Crippen LogP contribution in [-0.4, -0.2) is 6.61 Å². The second-order valence-electron chi connectivity index (χ2n) is 4.42. The Morgan fingerprint density at radius 3 is 2.45 bits per heavy atom. The predicted molar refractivity (Wildman–Crippen MR) is 78.1 cm³/mol. The van der Waals surface area contributed by atoms with Crippen LogP contribution >= 0.6 is 0 Å². The molecule has 20 heavy (non-hydrogen) atoms. The van der Waals surface area contributed by atoms with Crippen molar-refractivity contribution in [2.75, 3.05) is 6.61 Å². The average molecular weight is 267 g/mol. The van der Waals surface area contributed by atoms with Crippen molar-refractivity contribution in [1.82, 2.24) is 0 Å². The lowest BCUT2D eigenvalue weighted by molar-refractivity contribution is 0.308. The molecule has 0 atom stereocenters. The van der Waals surface area contributed by atoms with Gasteiger partial charge in [-0.2, -0.15) is 5.26 Å². The Kier molecular flexibility index (Phi) is 5.02. The van der Waals surface area contributed by atoms with Crippen molar-refractivity contribution in [3.63, 3.8) is 0 Å². The minimum Gasteiger partial charge on any atom is -0.493 e. The zero-order valence-electron chi connectivity index (χ0n) is 11.5. The van der Waals surface area contributed by atoms with Gasteiger partial charge in [0.05, 0.1) is 18.2 Å². The summed E-state index contributed by atoms with van der Waals surface area (Å²) < 4.78 is 11.4. The number of nitriles is 1. The highest BCUT2D eigenvalue weighted by molar-refractivity contribution is 5.40. The van der Waals surface area contributed by atoms with E-state index in [1.54, 1.807) is 18.2 Å². The van der Waals surface area contributed by atoms with Gasteiger partial charge < -0.3 is 9.47 Å². The minimum absolute atomic E-state index is 0.581. The van der Waals surface area contributed by atoms with Crippen molar-refractivity contribution in [1.29, 1.82) is 5.26 Å². The molecule has 102 valence electrons. The van der Waals surface area contributed by atoms with Crippen molar-refractivity contribution < 1.29 is 9.47 Å². The van der Waals surface area contributed by atoms with E-state index in [-0.39, 0.29) is 0 Å². The third kappa shape index (κ3) is 4.03. The maximum absolute atomic E-state index is 8.87. The van der Waals surface area contributed by atoms with Crippen LogP contribution in [0.5, 0.6) is 17.2 Å². The van der Waals surface area contributed by atoms with E-state index < -0.39 is 0 Å². The van der Waals surface area contributed by atoms with Gasteiger partial charge in [0, 0.05) is 6.07 Å². The maximum atomic E-state index is 8.87. The Labute approximate surface area is 119 Å². The Hall–Kier alpha value is -2.47. The van der Waals surface area contributed by atoms with Crippen molar-refractivity contribution in [2.24, 2.45) is 0 Å². The normalized spacial score (nSPS) is 9.80. The maximum Gasteiger partial charge on any atom is 0.131 e. The van der Waals surface area contributed by atoms with Gasteiger partial charge in [0.1, 0.15) is 17.2 Å². The molecule has 2 aromatic carbocycles. The zero-order chi connectivity index (χ0) is 14.2. The molecule has 0 bridgehead atoms. The first kappa shape index (κ1) is 14.0. The summed E-state index contributed by atoms with van der Waals surface area (Å²) in [4.78, 5) is 0. The van der Waals surface area contributed by atoms with Crippen LogP contribution < -0.4 is 9.47 Å². The van der Waals surface area contributed by atoms with E-state index in [4.69, 9.17) is 14.7 Å². The summed E-state index contributed by atoms with van der Waals surface area (Å²) in [6, 6.07) is 16.7. The topological polar surface area (TPSA) is 42.2 Å². The van der Waals surface area contributed by atoms with Crippen molar-refractivity contribution >= 4 is 0 Å². The number of ether oxygens (including phenoxy) is 2. The molecule has 0 saturated heterocycles. The fraction of sp³-hybridized carbons (Fsp3) is 0.235. The van der Waals surface area contributed by atoms with Gasteiger partial charge in [-0.3, -0.25) is 0 Å². The lowest BCUT2D eigenvalue weighted by Crippen LogP contribution is -1.96. The number of benzene rings is 2. The van der Waals surface area contributed by atoms with Crippen LogP contribution in [0.1, 0.15) is 25.3 Å². The molecule has 0 radical (unpaired) electrons. The van der Waals surface area contributed by atoms with Gasteiger partial charge in [-0.1, -0.05) is 25.5 Å². The first-order valence-corrected chi connectivity index (χ1v) is 6.72. The molecule has 2 rings (SSSR count). The quantitative estimate of drug-likeness (QED) is 0.722. The van der Waals surface area contributed by atoms with Gasteiger partial charge in [-0.15, -0.1) is 0 Å². The van der Waals surface area contributed by atoms with E-state index in [1.165, 1.54) is 0 Å².